The summed E-state index contributed by atoms with van der Waals surface area (Å²) in [5.41, 5.74) is 10.9. The summed E-state index contributed by atoms with van der Waals surface area (Å²) in [4.78, 5) is 10.9. The Morgan fingerprint density at radius 3 is 1.92 bits per heavy atom. The van der Waals surface area contributed by atoms with E-state index in [2.05, 4.69) is 6.58 Å². The molecule has 0 saturated heterocycles. The second-order valence-electron chi connectivity index (χ2n) is 3.03. The van der Waals surface area contributed by atoms with Crippen molar-refractivity contribution in [2.45, 2.75) is 26.7 Å². The Hall–Kier alpha value is -0.830. The van der Waals surface area contributed by atoms with Crippen LogP contribution in [-0.2, 0) is 4.79 Å². The fourth-order valence-corrected chi connectivity index (χ4v) is 1.35. The molecule has 0 saturated carbocycles. The lowest BCUT2D eigenvalue weighted by Crippen LogP contribution is -2.36. The van der Waals surface area contributed by atoms with E-state index in [1.165, 1.54) is 0 Å². The maximum atomic E-state index is 10.9. The average Bonchev–Trinajstić information content (AvgIpc) is 2.08. The first-order valence-electron chi connectivity index (χ1n) is 4.23. The predicted molar refractivity (Wildman–Crippen MR) is 50.4 cm³/mol. The molecule has 0 atom stereocenters. The van der Waals surface area contributed by atoms with Crippen molar-refractivity contribution < 1.29 is 4.79 Å². The van der Waals surface area contributed by atoms with Gasteiger partial charge in [-0.15, -0.1) is 0 Å². The fraction of sp³-hybridized carbons (Fsp3) is 0.667. The van der Waals surface area contributed by atoms with Crippen molar-refractivity contribution >= 4 is 5.91 Å². The molecule has 0 fully saturated rings. The van der Waals surface area contributed by atoms with E-state index in [0.29, 0.717) is 12.1 Å². The van der Waals surface area contributed by atoms with Crippen molar-refractivity contribution in [3.63, 3.8) is 0 Å². The lowest BCUT2D eigenvalue weighted by atomic mass is 9.76. The van der Waals surface area contributed by atoms with Crippen LogP contribution < -0.4 is 11.5 Å². The summed E-state index contributed by atoms with van der Waals surface area (Å²) >= 11 is 0. The lowest BCUT2D eigenvalue weighted by Gasteiger charge is -2.30. The summed E-state index contributed by atoms with van der Waals surface area (Å²) in [6.45, 7) is 8.10. The monoisotopic (exact) mass is 170 g/mol. The Labute approximate surface area is 73.8 Å². The van der Waals surface area contributed by atoms with Gasteiger partial charge in [-0.05, 0) is 12.8 Å². The lowest BCUT2D eigenvalue weighted by molar-refractivity contribution is -0.115. The Morgan fingerprint density at radius 1 is 1.42 bits per heavy atom. The highest BCUT2D eigenvalue weighted by molar-refractivity contribution is 5.92. The van der Waals surface area contributed by atoms with Crippen molar-refractivity contribution in [1.29, 1.82) is 0 Å². The van der Waals surface area contributed by atoms with Crippen molar-refractivity contribution in [3.8, 4) is 0 Å². The molecule has 0 aromatic rings. The normalized spacial score (nSPS) is 11.2. The van der Waals surface area contributed by atoms with Crippen LogP contribution in [-0.4, -0.2) is 12.5 Å². The summed E-state index contributed by atoms with van der Waals surface area (Å²) < 4.78 is 0. The van der Waals surface area contributed by atoms with Gasteiger partial charge in [-0.1, -0.05) is 20.4 Å². The molecule has 12 heavy (non-hydrogen) atoms. The van der Waals surface area contributed by atoms with Crippen LogP contribution in [0.25, 0.3) is 0 Å². The van der Waals surface area contributed by atoms with E-state index in [1.807, 2.05) is 13.8 Å². The third-order valence-corrected chi connectivity index (χ3v) is 2.68. The number of carbonyl (C=O) groups is 1. The second-order valence-corrected chi connectivity index (χ2v) is 3.03. The van der Waals surface area contributed by atoms with Crippen molar-refractivity contribution in [3.05, 3.63) is 12.2 Å². The molecule has 0 rings (SSSR count). The van der Waals surface area contributed by atoms with Gasteiger partial charge in [-0.2, -0.15) is 0 Å². The highest BCUT2D eigenvalue weighted by Crippen LogP contribution is 2.32. The molecule has 1 amide bonds. The molecule has 70 valence electrons. The molecule has 0 unspecified atom stereocenters. The highest BCUT2D eigenvalue weighted by atomic mass is 16.1. The molecule has 0 aliphatic carbocycles. The van der Waals surface area contributed by atoms with E-state index in [9.17, 15) is 4.79 Å². The zero-order valence-electron chi connectivity index (χ0n) is 7.89. The quantitative estimate of drug-likeness (QED) is 0.599. The topological polar surface area (TPSA) is 69.1 Å². The summed E-state index contributed by atoms with van der Waals surface area (Å²) in [5, 5.41) is 0. The van der Waals surface area contributed by atoms with Crippen LogP contribution >= 0.6 is 0 Å². The number of hydrogen-bond donors (Lipinski definition) is 2. The fourth-order valence-electron chi connectivity index (χ4n) is 1.35. The first-order chi connectivity index (χ1) is 5.54. The molecule has 3 nitrogen and oxygen atoms in total. The molecule has 4 N–H and O–H groups in total. The van der Waals surface area contributed by atoms with Gasteiger partial charge in [-0.25, -0.2) is 0 Å². The summed E-state index contributed by atoms with van der Waals surface area (Å²) in [6.07, 6.45) is 1.61. The van der Waals surface area contributed by atoms with Gasteiger partial charge in [0.05, 0.1) is 0 Å². The molecule has 0 aromatic carbocycles. The van der Waals surface area contributed by atoms with Gasteiger partial charge in [0.15, 0.2) is 0 Å². The Bertz CT molecular complexity index is 175. The Morgan fingerprint density at radius 2 is 1.83 bits per heavy atom. The molecule has 0 heterocycles. The van der Waals surface area contributed by atoms with E-state index in [1.54, 1.807) is 0 Å². The molecule has 0 spiro atoms. The number of hydrogen-bond acceptors (Lipinski definition) is 2. The van der Waals surface area contributed by atoms with E-state index in [4.69, 9.17) is 11.5 Å². The Kier molecular flexibility index (Phi) is 3.96. The summed E-state index contributed by atoms with van der Waals surface area (Å²) in [6, 6.07) is 0. The van der Waals surface area contributed by atoms with Crippen LogP contribution in [0.4, 0.5) is 0 Å². The molecular formula is C9H18N2O. The van der Waals surface area contributed by atoms with Gasteiger partial charge >= 0.3 is 0 Å². The van der Waals surface area contributed by atoms with Gasteiger partial charge in [0, 0.05) is 17.5 Å². The molecule has 0 aromatic heterocycles. The van der Waals surface area contributed by atoms with Crippen LogP contribution in [0.1, 0.15) is 26.7 Å². The van der Waals surface area contributed by atoms with Crippen molar-refractivity contribution in [2.24, 2.45) is 16.9 Å². The molecule has 0 radical (unpaired) electrons. The van der Waals surface area contributed by atoms with Crippen LogP contribution in [0.5, 0.6) is 0 Å². The second kappa shape index (κ2) is 4.26. The molecule has 0 aliphatic rings. The van der Waals surface area contributed by atoms with Gasteiger partial charge < -0.3 is 11.5 Å². The van der Waals surface area contributed by atoms with Crippen molar-refractivity contribution in [1.82, 2.24) is 0 Å². The van der Waals surface area contributed by atoms with E-state index < -0.39 is 5.91 Å². The molecule has 0 aliphatic heterocycles. The van der Waals surface area contributed by atoms with Gasteiger partial charge in [0.1, 0.15) is 0 Å². The maximum Gasteiger partial charge on any atom is 0.244 e. The number of primary amides is 1. The number of rotatable bonds is 5. The summed E-state index contributed by atoms with van der Waals surface area (Å²) in [7, 11) is 0. The zero-order valence-corrected chi connectivity index (χ0v) is 7.89. The minimum absolute atomic E-state index is 0.286. The van der Waals surface area contributed by atoms with Crippen LogP contribution in [0.2, 0.25) is 0 Å². The number of amides is 1. The number of carbonyl (C=O) groups excluding carboxylic acids is 1. The Balaban J connectivity index is 4.71. The van der Waals surface area contributed by atoms with Crippen LogP contribution in [0.15, 0.2) is 12.2 Å². The van der Waals surface area contributed by atoms with E-state index >= 15 is 0 Å². The SMILES string of the molecule is C=C(C(N)=O)C(CC)(CC)CN. The highest BCUT2D eigenvalue weighted by Gasteiger charge is 2.30. The molecule has 0 bridgehead atoms. The first-order valence-corrected chi connectivity index (χ1v) is 4.23. The zero-order chi connectivity index (χ0) is 9.78. The standard InChI is InChI=1S/C9H18N2O/c1-4-9(5-2,6-10)7(3)8(11)12/h3-6,10H2,1-2H3,(H2,11,12). The third-order valence-electron chi connectivity index (χ3n) is 2.68. The largest absolute Gasteiger partial charge is 0.366 e. The van der Waals surface area contributed by atoms with Gasteiger partial charge in [0.2, 0.25) is 5.91 Å². The van der Waals surface area contributed by atoms with Crippen LogP contribution in [0.3, 0.4) is 0 Å². The first kappa shape index (κ1) is 11.2. The number of nitrogens with two attached hydrogens (primary N) is 2. The molecule has 3 heteroatoms. The minimum Gasteiger partial charge on any atom is -0.366 e. The van der Waals surface area contributed by atoms with Gasteiger partial charge in [-0.3, -0.25) is 4.79 Å². The van der Waals surface area contributed by atoms with E-state index in [0.717, 1.165) is 12.8 Å². The smallest absolute Gasteiger partial charge is 0.244 e. The summed E-state index contributed by atoms with van der Waals surface area (Å²) in [5.74, 6) is -0.441. The van der Waals surface area contributed by atoms with E-state index in [-0.39, 0.29) is 5.41 Å². The average molecular weight is 170 g/mol. The van der Waals surface area contributed by atoms with Gasteiger partial charge in [0.25, 0.3) is 0 Å². The maximum absolute atomic E-state index is 10.9. The van der Waals surface area contributed by atoms with Crippen LogP contribution in [0, 0.1) is 5.41 Å². The predicted octanol–water partition coefficient (Wildman–Crippen LogP) is 0.793. The minimum atomic E-state index is -0.441. The van der Waals surface area contributed by atoms with Crippen molar-refractivity contribution in [2.75, 3.05) is 6.54 Å². The third kappa shape index (κ3) is 1.85. The molecular weight excluding hydrogens is 152 g/mol.